The molecule has 1 fully saturated rings. The van der Waals surface area contributed by atoms with Crippen molar-refractivity contribution in [3.8, 4) is 6.07 Å². The summed E-state index contributed by atoms with van der Waals surface area (Å²) >= 11 is 0. The number of aromatic nitrogens is 2. The van der Waals surface area contributed by atoms with Crippen molar-refractivity contribution >= 4 is 16.7 Å². The van der Waals surface area contributed by atoms with E-state index in [1.54, 1.807) is 6.07 Å². The Hall–Kier alpha value is -2.26. The van der Waals surface area contributed by atoms with Crippen molar-refractivity contribution in [2.75, 3.05) is 31.1 Å². The quantitative estimate of drug-likeness (QED) is 0.871. The van der Waals surface area contributed by atoms with Crippen LogP contribution in [-0.4, -0.2) is 47.1 Å². The molecule has 1 aromatic carbocycles. The van der Waals surface area contributed by atoms with Crippen LogP contribution in [0.15, 0.2) is 24.5 Å². The van der Waals surface area contributed by atoms with Gasteiger partial charge in [0.25, 0.3) is 0 Å². The molecule has 0 bridgehead atoms. The minimum atomic E-state index is -0.291. The Balaban J connectivity index is 1.80. The van der Waals surface area contributed by atoms with Gasteiger partial charge < -0.3 is 4.90 Å². The van der Waals surface area contributed by atoms with Crippen LogP contribution in [0, 0.1) is 23.1 Å². The first-order valence-corrected chi connectivity index (χ1v) is 7.89. The standard InChI is InChI=1S/C17H20FN5/c1-12(2)16(10-19)22-5-7-23(8-6-22)17-14-4-3-13(18)9-15(14)20-11-21-17/h3-4,9,11-12,16H,5-8H2,1-2H3/t16-/m0/s1. The first-order valence-electron chi connectivity index (χ1n) is 7.89. The van der Waals surface area contributed by atoms with Gasteiger partial charge in [0.15, 0.2) is 0 Å². The topological polar surface area (TPSA) is 56.1 Å². The maximum Gasteiger partial charge on any atom is 0.139 e. The van der Waals surface area contributed by atoms with Crippen molar-refractivity contribution in [1.29, 1.82) is 5.26 Å². The van der Waals surface area contributed by atoms with Crippen LogP contribution in [-0.2, 0) is 0 Å². The predicted octanol–water partition coefficient (Wildman–Crippen LogP) is 2.44. The monoisotopic (exact) mass is 313 g/mol. The lowest BCUT2D eigenvalue weighted by Gasteiger charge is -2.38. The highest BCUT2D eigenvalue weighted by molar-refractivity contribution is 5.89. The molecule has 120 valence electrons. The molecule has 0 unspecified atom stereocenters. The Morgan fingerprint density at radius 1 is 1.17 bits per heavy atom. The number of nitriles is 1. The van der Waals surface area contributed by atoms with Gasteiger partial charge in [0.1, 0.15) is 24.0 Å². The van der Waals surface area contributed by atoms with E-state index in [0.29, 0.717) is 11.4 Å². The number of benzene rings is 1. The van der Waals surface area contributed by atoms with E-state index in [1.165, 1.54) is 18.5 Å². The summed E-state index contributed by atoms with van der Waals surface area (Å²) < 4.78 is 13.4. The van der Waals surface area contributed by atoms with Crippen LogP contribution >= 0.6 is 0 Å². The summed E-state index contributed by atoms with van der Waals surface area (Å²) in [5.41, 5.74) is 0.620. The molecule has 23 heavy (non-hydrogen) atoms. The van der Waals surface area contributed by atoms with Crippen molar-refractivity contribution in [2.24, 2.45) is 5.92 Å². The van der Waals surface area contributed by atoms with Crippen LogP contribution in [0.25, 0.3) is 10.9 Å². The van der Waals surface area contributed by atoms with Crippen molar-refractivity contribution in [3.05, 3.63) is 30.3 Å². The van der Waals surface area contributed by atoms with E-state index in [2.05, 4.69) is 39.7 Å². The number of rotatable bonds is 3. The van der Waals surface area contributed by atoms with Gasteiger partial charge in [0, 0.05) is 37.6 Å². The molecule has 5 nitrogen and oxygen atoms in total. The molecule has 1 saturated heterocycles. The molecule has 0 amide bonds. The lowest BCUT2D eigenvalue weighted by Crippen LogP contribution is -2.51. The molecule has 6 heteroatoms. The zero-order valence-corrected chi connectivity index (χ0v) is 13.4. The molecule has 0 radical (unpaired) electrons. The highest BCUT2D eigenvalue weighted by Crippen LogP contribution is 2.25. The van der Waals surface area contributed by atoms with E-state index >= 15 is 0 Å². The van der Waals surface area contributed by atoms with Crippen LogP contribution in [0.4, 0.5) is 10.2 Å². The number of fused-ring (bicyclic) bond motifs is 1. The number of piperazine rings is 1. The zero-order chi connectivity index (χ0) is 16.4. The maximum atomic E-state index is 13.4. The Kier molecular flexibility index (Phi) is 4.39. The van der Waals surface area contributed by atoms with Gasteiger partial charge in [0.2, 0.25) is 0 Å². The zero-order valence-electron chi connectivity index (χ0n) is 13.4. The second kappa shape index (κ2) is 6.47. The third kappa shape index (κ3) is 3.10. The van der Waals surface area contributed by atoms with Crippen LogP contribution < -0.4 is 4.90 Å². The van der Waals surface area contributed by atoms with Crippen molar-refractivity contribution < 1.29 is 4.39 Å². The molecule has 2 heterocycles. The van der Waals surface area contributed by atoms with Crippen LogP contribution in [0.2, 0.25) is 0 Å². The molecular formula is C17H20FN5. The number of halogens is 1. The second-order valence-electron chi connectivity index (χ2n) is 6.20. The van der Waals surface area contributed by atoms with Gasteiger partial charge in [-0.3, -0.25) is 4.90 Å². The molecule has 0 aliphatic carbocycles. The molecule has 1 atom stereocenters. The average molecular weight is 313 g/mol. The summed E-state index contributed by atoms with van der Waals surface area (Å²) in [6.45, 7) is 7.40. The molecule has 0 spiro atoms. The summed E-state index contributed by atoms with van der Waals surface area (Å²) in [4.78, 5) is 13.0. The Labute approximate surface area is 135 Å². The highest BCUT2D eigenvalue weighted by Gasteiger charge is 2.26. The SMILES string of the molecule is CC(C)[C@H](C#N)N1CCN(c2ncnc3cc(F)ccc23)CC1. The maximum absolute atomic E-state index is 13.4. The molecule has 1 aliphatic rings. The molecule has 1 aliphatic heterocycles. The van der Waals surface area contributed by atoms with Crippen LogP contribution in [0.1, 0.15) is 13.8 Å². The third-order valence-corrected chi connectivity index (χ3v) is 4.35. The van der Waals surface area contributed by atoms with Crippen molar-refractivity contribution in [3.63, 3.8) is 0 Å². The summed E-state index contributed by atoms with van der Waals surface area (Å²) in [6, 6.07) is 6.96. The van der Waals surface area contributed by atoms with Gasteiger partial charge in [-0.15, -0.1) is 0 Å². The second-order valence-corrected chi connectivity index (χ2v) is 6.20. The lowest BCUT2D eigenvalue weighted by molar-refractivity contribution is 0.184. The molecular weight excluding hydrogens is 293 g/mol. The average Bonchev–Trinajstić information content (AvgIpc) is 2.55. The first kappa shape index (κ1) is 15.6. The van der Waals surface area contributed by atoms with Crippen molar-refractivity contribution in [2.45, 2.75) is 19.9 Å². The Morgan fingerprint density at radius 3 is 2.57 bits per heavy atom. The Bertz CT molecular complexity index is 731. The lowest BCUT2D eigenvalue weighted by atomic mass is 10.0. The van der Waals surface area contributed by atoms with E-state index in [0.717, 1.165) is 37.4 Å². The fraction of sp³-hybridized carbons (Fsp3) is 0.471. The van der Waals surface area contributed by atoms with E-state index < -0.39 is 0 Å². The van der Waals surface area contributed by atoms with Gasteiger partial charge >= 0.3 is 0 Å². The van der Waals surface area contributed by atoms with Gasteiger partial charge in [-0.25, -0.2) is 14.4 Å². The molecule has 0 saturated carbocycles. The third-order valence-electron chi connectivity index (χ3n) is 4.35. The van der Waals surface area contributed by atoms with Gasteiger partial charge in [0.05, 0.1) is 11.6 Å². The summed E-state index contributed by atoms with van der Waals surface area (Å²) in [5.74, 6) is 0.864. The minimum absolute atomic E-state index is 0.0478. The van der Waals surface area contributed by atoms with E-state index in [4.69, 9.17) is 0 Å². The molecule has 3 rings (SSSR count). The molecule has 0 N–H and O–H groups in total. The van der Waals surface area contributed by atoms with Crippen LogP contribution in [0.5, 0.6) is 0 Å². The predicted molar refractivity (Wildman–Crippen MR) is 87.5 cm³/mol. The molecule has 2 aromatic rings. The number of hydrogen-bond donors (Lipinski definition) is 0. The Morgan fingerprint density at radius 2 is 1.91 bits per heavy atom. The molecule has 1 aromatic heterocycles. The van der Waals surface area contributed by atoms with E-state index in [1.807, 2.05) is 0 Å². The number of nitrogens with zero attached hydrogens (tertiary/aromatic N) is 5. The van der Waals surface area contributed by atoms with E-state index in [9.17, 15) is 9.65 Å². The van der Waals surface area contributed by atoms with Crippen LogP contribution in [0.3, 0.4) is 0 Å². The smallest absolute Gasteiger partial charge is 0.139 e. The van der Waals surface area contributed by atoms with Gasteiger partial charge in [-0.05, 0) is 18.1 Å². The van der Waals surface area contributed by atoms with E-state index in [-0.39, 0.29) is 11.9 Å². The summed E-state index contributed by atoms with van der Waals surface area (Å²) in [6.07, 6.45) is 1.48. The summed E-state index contributed by atoms with van der Waals surface area (Å²) in [5, 5.41) is 10.2. The fourth-order valence-electron chi connectivity index (χ4n) is 3.13. The largest absolute Gasteiger partial charge is 0.353 e. The van der Waals surface area contributed by atoms with Gasteiger partial charge in [-0.2, -0.15) is 5.26 Å². The fourth-order valence-corrected chi connectivity index (χ4v) is 3.13. The first-order chi connectivity index (χ1) is 11.1. The normalized spacial score (nSPS) is 17.4. The highest BCUT2D eigenvalue weighted by atomic mass is 19.1. The number of anilines is 1. The van der Waals surface area contributed by atoms with Crippen molar-refractivity contribution in [1.82, 2.24) is 14.9 Å². The minimum Gasteiger partial charge on any atom is -0.353 e. The van der Waals surface area contributed by atoms with Gasteiger partial charge in [-0.1, -0.05) is 13.8 Å². The number of hydrogen-bond acceptors (Lipinski definition) is 5. The summed E-state index contributed by atoms with van der Waals surface area (Å²) in [7, 11) is 0.